The van der Waals surface area contributed by atoms with E-state index in [-0.39, 0.29) is 6.04 Å². The molecule has 0 aliphatic rings. The highest BCUT2D eigenvalue weighted by Crippen LogP contribution is 2.13. The molecule has 2 aromatic carbocycles. The van der Waals surface area contributed by atoms with Crippen LogP contribution in [0.2, 0.25) is 0 Å². The van der Waals surface area contributed by atoms with Gasteiger partial charge in [-0.25, -0.2) is 0 Å². The molecular formula is C18H24N2. The molecule has 0 aliphatic carbocycles. The highest BCUT2D eigenvalue weighted by molar-refractivity contribution is 5.28. The van der Waals surface area contributed by atoms with E-state index in [1.165, 1.54) is 22.3 Å². The number of hydrazine groups is 1. The lowest BCUT2D eigenvalue weighted by Crippen LogP contribution is -2.38. The fourth-order valence-electron chi connectivity index (χ4n) is 2.49. The minimum absolute atomic E-state index is 0.267. The number of rotatable bonds is 6. The van der Waals surface area contributed by atoms with Crippen LogP contribution in [0.4, 0.5) is 0 Å². The Kier molecular flexibility index (Phi) is 5.33. The van der Waals surface area contributed by atoms with Crippen LogP contribution in [0.3, 0.4) is 0 Å². The van der Waals surface area contributed by atoms with Crippen LogP contribution in [-0.2, 0) is 19.3 Å². The maximum Gasteiger partial charge on any atom is 0.0291 e. The number of nitrogens with one attached hydrogen (secondary N) is 1. The van der Waals surface area contributed by atoms with Gasteiger partial charge < -0.3 is 0 Å². The highest BCUT2D eigenvalue weighted by Gasteiger charge is 2.10. The van der Waals surface area contributed by atoms with Crippen LogP contribution in [-0.4, -0.2) is 6.04 Å². The zero-order valence-corrected chi connectivity index (χ0v) is 12.4. The lowest BCUT2D eigenvalue weighted by molar-refractivity contribution is 0.521. The molecule has 106 valence electrons. The van der Waals surface area contributed by atoms with Crippen LogP contribution in [0.1, 0.15) is 29.2 Å². The summed E-state index contributed by atoms with van der Waals surface area (Å²) in [6.45, 7) is 4.33. The van der Waals surface area contributed by atoms with Gasteiger partial charge in [0.25, 0.3) is 0 Å². The van der Waals surface area contributed by atoms with Gasteiger partial charge in [-0.15, -0.1) is 0 Å². The second-order valence-corrected chi connectivity index (χ2v) is 5.37. The first kappa shape index (κ1) is 14.8. The van der Waals surface area contributed by atoms with Gasteiger partial charge in [-0.3, -0.25) is 11.3 Å². The molecule has 0 aromatic heterocycles. The van der Waals surface area contributed by atoms with Gasteiger partial charge in [-0.1, -0.05) is 55.5 Å². The number of hydrogen-bond donors (Lipinski definition) is 2. The SMILES string of the molecule is CCc1ccc(CC(Cc2ccccc2C)NN)cc1. The van der Waals surface area contributed by atoms with E-state index >= 15 is 0 Å². The average Bonchev–Trinajstić information content (AvgIpc) is 2.49. The number of aryl methyl sites for hydroxylation is 2. The van der Waals surface area contributed by atoms with Gasteiger partial charge in [0.15, 0.2) is 0 Å². The van der Waals surface area contributed by atoms with Crippen molar-refractivity contribution < 1.29 is 0 Å². The van der Waals surface area contributed by atoms with Gasteiger partial charge in [0, 0.05) is 6.04 Å². The van der Waals surface area contributed by atoms with E-state index in [1.54, 1.807) is 0 Å². The molecule has 20 heavy (non-hydrogen) atoms. The monoisotopic (exact) mass is 268 g/mol. The molecule has 2 heteroatoms. The number of nitrogens with two attached hydrogens (primary N) is 1. The maximum atomic E-state index is 5.72. The van der Waals surface area contributed by atoms with E-state index in [0.717, 1.165) is 19.3 Å². The Morgan fingerprint density at radius 3 is 2.20 bits per heavy atom. The third kappa shape index (κ3) is 3.92. The van der Waals surface area contributed by atoms with Crippen LogP contribution >= 0.6 is 0 Å². The minimum atomic E-state index is 0.267. The maximum absolute atomic E-state index is 5.72. The Morgan fingerprint density at radius 1 is 0.950 bits per heavy atom. The highest BCUT2D eigenvalue weighted by atomic mass is 15.2. The Hall–Kier alpha value is -1.64. The first-order valence-corrected chi connectivity index (χ1v) is 7.31. The molecule has 0 spiro atoms. The summed E-state index contributed by atoms with van der Waals surface area (Å²) in [5.41, 5.74) is 8.36. The summed E-state index contributed by atoms with van der Waals surface area (Å²) in [5.74, 6) is 5.72. The van der Waals surface area contributed by atoms with Gasteiger partial charge in [0.1, 0.15) is 0 Å². The van der Waals surface area contributed by atoms with E-state index in [1.807, 2.05) is 0 Å². The van der Waals surface area contributed by atoms with Gasteiger partial charge >= 0.3 is 0 Å². The predicted molar refractivity (Wildman–Crippen MR) is 85.5 cm³/mol. The Bertz CT molecular complexity index is 531. The van der Waals surface area contributed by atoms with E-state index in [2.05, 4.69) is 67.8 Å². The molecular weight excluding hydrogens is 244 g/mol. The van der Waals surface area contributed by atoms with Crippen molar-refractivity contribution in [3.05, 3.63) is 70.8 Å². The van der Waals surface area contributed by atoms with E-state index < -0.39 is 0 Å². The third-order valence-corrected chi connectivity index (χ3v) is 3.88. The molecule has 2 nitrogen and oxygen atoms in total. The largest absolute Gasteiger partial charge is 0.271 e. The van der Waals surface area contributed by atoms with Crippen molar-refractivity contribution in [1.82, 2.24) is 5.43 Å². The van der Waals surface area contributed by atoms with Crippen LogP contribution in [0.5, 0.6) is 0 Å². The summed E-state index contributed by atoms with van der Waals surface area (Å²) in [6.07, 6.45) is 3.00. The molecule has 0 aliphatic heterocycles. The number of benzene rings is 2. The number of hydrogen-bond acceptors (Lipinski definition) is 2. The van der Waals surface area contributed by atoms with Crippen molar-refractivity contribution in [3.8, 4) is 0 Å². The minimum Gasteiger partial charge on any atom is -0.271 e. The smallest absolute Gasteiger partial charge is 0.0291 e. The second kappa shape index (κ2) is 7.22. The van der Waals surface area contributed by atoms with Crippen molar-refractivity contribution in [2.45, 2.75) is 39.2 Å². The molecule has 0 amide bonds. The molecule has 0 fully saturated rings. The zero-order chi connectivity index (χ0) is 14.4. The standard InChI is InChI=1S/C18H24N2/c1-3-15-8-10-16(11-9-15)12-18(20-19)13-17-7-5-4-6-14(17)2/h4-11,18,20H,3,12-13,19H2,1-2H3. The molecule has 0 heterocycles. The molecule has 0 bridgehead atoms. The first-order chi connectivity index (χ1) is 9.72. The molecule has 1 atom stereocenters. The summed E-state index contributed by atoms with van der Waals surface area (Å²) in [6, 6.07) is 17.6. The van der Waals surface area contributed by atoms with Crippen molar-refractivity contribution in [3.63, 3.8) is 0 Å². The molecule has 2 rings (SSSR count). The summed E-state index contributed by atoms with van der Waals surface area (Å²) < 4.78 is 0. The summed E-state index contributed by atoms with van der Waals surface area (Å²) >= 11 is 0. The summed E-state index contributed by atoms with van der Waals surface area (Å²) in [7, 11) is 0. The van der Waals surface area contributed by atoms with Gasteiger partial charge in [-0.05, 0) is 48.4 Å². The molecule has 0 radical (unpaired) electrons. The van der Waals surface area contributed by atoms with Crippen LogP contribution in [0, 0.1) is 6.92 Å². The molecule has 1 unspecified atom stereocenters. The fourth-order valence-corrected chi connectivity index (χ4v) is 2.49. The summed E-state index contributed by atoms with van der Waals surface area (Å²) in [4.78, 5) is 0. The van der Waals surface area contributed by atoms with Crippen molar-refractivity contribution in [2.75, 3.05) is 0 Å². The van der Waals surface area contributed by atoms with E-state index in [0.29, 0.717) is 0 Å². The quantitative estimate of drug-likeness (QED) is 0.624. The van der Waals surface area contributed by atoms with E-state index in [9.17, 15) is 0 Å². The lowest BCUT2D eigenvalue weighted by Gasteiger charge is -2.17. The summed E-state index contributed by atoms with van der Waals surface area (Å²) in [5, 5.41) is 0. The topological polar surface area (TPSA) is 38.0 Å². The van der Waals surface area contributed by atoms with Crippen LogP contribution in [0.15, 0.2) is 48.5 Å². The normalized spacial score (nSPS) is 12.3. The zero-order valence-electron chi connectivity index (χ0n) is 12.4. The van der Waals surface area contributed by atoms with Gasteiger partial charge in [0.2, 0.25) is 0 Å². The van der Waals surface area contributed by atoms with Crippen LogP contribution in [0.25, 0.3) is 0 Å². The Morgan fingerprint density at radius 2 is 1.60 bits per heavy atom. The molecule has 2 aromatic rings. The Balaban J connectivity index is 2.03. The van der Waals surface area contributed by atoms with E-state index in [4.69, 9.17) is 5.84 Å². The second-order valence-electron chi connectivity index (χ2n) is 5.37. The van der Waals surface area contributed by atoms with Crippen LogP contribution < -0.4 is 11.3 Å². The predicted octanol–water partition coefficient (Wildman–Crippen LogP) is 3.17. The van der Waals surface area contributed by atoms with Gasteiger partial charge in [-0.2, -0.15) is 0 Å². The molecule has 0 saturated carbocycles. The molecule has 0 saturated heterocycles. The fraction of sp³-hybridized carbons (Fsp3) is 0.333. The van der Waals surface area contributed by atoms with Crippen molar-refractivity contribution in [2.24, 2.45) is 5.84 Å². The third-order valence-electron chi connectivity index (χ3n) is 3.88. The van der Waals surface area contributed by atoms with Gasteiger partial charge in [0.05, 0.1) is 0 Å². The first-order valence-electron chi connectivity index (χ1n) is 7.31. The Labute approximate surface area is 122 Å². The van der Waals surface area contributed by atoms with Crippen molar-refractivity contribution in [1.29, 1.82) is 0 Å². The van der Waals surface area contributed by atoms with Crippen molar-refractivity contribution >= 4 is 0 Å². The average molecular weight is 268 g/mol. The lowest BCUT2D eigenvalue weighted by atomic mass is 9.96. The molecule has 3 N–H and O–H groups in total.